The van der Waals surface area contributed by atoms with E-state index >= 15 is 4.39 Å². The van der Waals surface area contributed by atoms with Crippen molar-refractivity contribution in [2.24, 2.45) is 7.05 Å². The molecule has 1 unspecified atom stereocenters. The largest absolute Gasteiger partial charge is 0.347 e. The number of carbonyl (C=O) groups excluding carboxylic acids is 3. The molecule has 1 heterocycles. The monoisotopic (exact) mass is 675 g/mol. The third-order valence-electron chi connectivity index (χ3n) is 7.17. The van der Waals surface area contributed by atoms with Crippen molar-refractivity contribution in [2.75, 3.05) is 4.72 Å². The number of carbonyl (C=O) groups is 3. The molecule has 2 amide bonds. The van der Waals surface area contributed by atoms with Gasteiger partial charge in [-0.2, -0.15) is 0 Å². The highest BCUT2D eigenvalue weighted by Gasteiger charge is 2.23. The SMILES string of the molecule is [B]C(=O)[C@H](Cc1ccc(-n2c(=O)cc(C)n(C)c2=O)cc1)NC(=O)c1cc(F)c(NS(=O)c2ccc(C(=O)NC(C)(C)C)cc2)cc1F. The lowest BCUT2D eigenvalue weighted by Gasteiger charge is -2.20. The smallest absolute Gasteiger partial charge is 0.335 e. The molecule has 2 atom stereocenters. The van der Waals surface area contributed by atoms with Crippen LogP contribution in [-0.4, -0.2) is 50.3 Å². The van der Waals surface area contributed by atoms with Crippen LogP contribution in [-0.2, 0) is 29.2 Å². The molecule has 11 nitrogen and oxygen atoms in total. The van der Waals surface area contributed by atoms with Gasteiger partial charge in [-0.25, -0.2) is 22.4 Å². The van der Waals surface area contributed by atoms with Gasteiger partial charge in [-0.05, 0) is 82.1 Å². The molecule has 248 valence electrons. The van der Waals surface area contributed by atoms with Crippen molar-refractivity contribution < 1.29 is 27.4 Å². The number of nitrogens with one attached hydrogen (secondary N) is 3. The predicted molar refractivity (Wildman–Crippen MR) is 178 cm³/mol. The average Bonchev–Trinajstić information content (AvgIpc) is 3.01. The van der Waals surface area contributed by atoms with Crippen molar-refractivity contribution in [3.05, 3.63) is 122 Å². The van der Waals surface area contributed by atoms with Crippen LogP contribution in [0.3, 0.4) is 0 Å². The molecule has 3 N–H and O–H groups in total. The van der Waals surface area contributed by atoms with Crippen LogP contribution in [0.1, 0.15) is 52.7 Å². The highest BCUT2D eigenvalue weighted by Crippen LogP contribution is 2.22. The van der Waals surface area contributed by atoms with Crippen molar-refractivity contribution in [1.82, 2.24) is 19.8 Å². The van der Waals surface area contributed by atoms with Crippen LogP contribution in [0.25, 0.3) is 5.69 Å². The standard InChI is InChI=1S/C33H32BF2N5O6S/c1-18-14-28(42)41(32(46)40(18)5)21-10-6-19(7-11-21)15-27(29(34)43)37-31(45)23-16-25(36)26(17-24(23)35)39-48(47)22-12-8-20(9-13-22)30(44)38-33(2,3)4/h6-14,16-17,27,39H,15H2,1-5H3,(H,37,45)(H,38,44)/t27-,48?/m0/s1. The summed E-state index contributed by atoms with van der Waals surface area (Å²) in [5, 5.41) is 5.10. The van der Waals surface area contributed by atoms with E-state index in [-0.39, 0.29) is 22.9 Å². The van der Waals surface area contributed by atoms with Gasteiger partial charge in [-0.1, -0.05) is 12.1 Å². The summed E-state index contributed by atoms with van der Waals surface area (Å²) in [4.78, 5) is 62.6. The number of hydrogen-bond donors (Lipinski definition) is 3. The first-order valence-corrected chi connectivity index (χ1v) is 15.7. The molecular weight excluding hydrogens is 643 g/mol. The van der Waals surface area contributed by atoms with E-state index in [1.165, 1.54) is 66.2 Å². The molecule has 0 fully saturated rings. The maximum atomic E-state index is 15.0. The third kappa shape index (κ3) is 8.39. The Morgan fingerprint density at radius 1 is 0.917 bits per heavy atom. The van der Waals surface area contributed by atoms with Gasteiger partial charge in [0.05, 0.1) is 33.6 Å². The fourth-order valence-electron chi connectivity index (χ4n) is 4.55. The Morgan fingerprint density at radius 2 is 1.54 bits per heavy atom. The Labute approximate surface area is 278 Å². The number of amides is 2. The quantitative estimate of drug-likeness (QED) is 0.220. The maximum absolute atomic E-state index is 15.0. The van der Waals surface area contributed by atoms with E-state index in [4.69, 9.17) is 7.85 Å². The van der Waals surface area contributed by atoms with E-state index < -0.39 is 68.3 Å². The summed E-state index contributed by atoms with van der Waals surface area (Å²) in [5.74, 6) is -3.73. The summed E-state index contributed by atoms with van der Waals surface area (Å²) in [6.07, 6.45) is -0.137. The minimum atomic E-state index is -2.06. The van der Waals surface area contributed by atoms with Crippen LogP contribution in [0.15, 0.2) is 81.2 Å². The molecule has 4 aromatic rings. The normalized spacial score (nSPS) is 12.6. The van der Waals surface area contributed by atoms with E-state index in [9.17, 15) is 32.6 Å². The first-order chi connectivity index (χ1) is 22.4. The number of aromatic nitrogens is 2. The lowest BCUT2D eigenvalue weighted by Crippen LogP contribution is -2.43. The zero-order chi connectivity index (χ0) is 35.5. The van der Waals surface area contributed by atoms with Crippen LogP contribution in [0.5, 0.6) is 0 Å². The zero-order valence-electron chi connectivity index (χ0n) is 26.7. The summed E-state index contributed by atoms with van der Waals surface area (Å²) < 4.78 is 47.5. The Balaban J connectivity index is 1.45. The Kier molecular flexibility index (Phi) is 10.6. The van der Waals surface area contributed by atoms with Gasteiger partial charge in [0.15, 0.2) is 7.85 Å². The van der Waals surface area contributed by atoms with Gasteiger partial charge < -0.3 is 20.0 Å². The summed E-state index contributed by atoms with van der Waals surface area (Å²) in [6, 6.07) is 12.9. The summed E-state index contributed by atoms with van der Waals surface area (Å²) >= 11 is 0. The lowest BCUT2D eigenvalue weighted by molar-refractivity contribution is -0.113. The molecule has 3 aromatic carbocycles. The molecular formula is C33H32BF2N5O6S. The average molecular weight is 676 g/mol. The Bertz CT molecular complexity index is 2040. The van der Waals surface area contributed by atoms with E-state index in [2.05, 4.69) is 15.4 Å². The van der Waals surface area contributed by atoms with E-state index in [1.807, 2.05) is 20.8 Å². The van der Waals surface area contributed by atoms with Gasteiger partial charge in [0.2, 0.25) is 0 Å². The van der Waals surface area contributed by atoms with Crippen LogP contribution >= 0.6 is 0 Å². The second kappa shape index (κ2) is 14.3. The van der Waals surface area contributed by atoms with Gasteiger partial charge in [0, 0.05) is 36.0 Å². The molecule has 0 saturated carbocycles. The highest BCUT2D eigenvalue weighted by atomic mass is 32.2. The van der Waals surface area contributed by atoms with Gasteiger partial charge >= 0.3 is 5.69 Å². The number of rotatable bonds is 10. The number of benzene rings is 3. The van der Waals surface area contributed by atoms with Gasteiger partial charge in [-0.15, -0.1) is 0 Å². The minimum Gasteiger partial charge on any atom is -0.347 e. The molecule has 15 heteroatoms. The first-order valence-electron chi connectivity index (χ1n) is 14.5. The van der Waals surface area contributed by atoms with Gasteiger partial charge in [-0.3, -0.25) is 19.1 Å². The minimum absolute atomic E-state index is 0.137. The second-order valence-electron chi connectivity index (χ2n) is 12.0. The third-order valence-corrected chi connectivity index (χ3v) is 8.27. The molecule has 0 aliphatic rings. The van der Waals surface area contributed by atoms with Crippen molar-refractivity contribution in [3.63, 3.8) is 0 Å². The van der Waals surface area contributed by atoms with Crippen molar-refractivity contribution in [3.8, 4) is 5.69 Å². The van der Waals surface area contributed by atoms with Crippen LogP contribution < -0.4 is 26.6 Å². The molecule has 4 rings (SSSR count). The van der Waals surface area contributed by atoms with Crippen LogP contribution in [0.2, 0.25) is 0 Å². The molecule has 0 saturated heterocycles. The van der Waals surface area contributed by atoms with Crippen molar-refractivity contribution in [2.45, 2.75) is 50.6 Å². The van der Waals surface area contributed by atoms with Gasteiger partial charge in [0.1, 0.15) is 22.6 Å². The van der Waals surface area contributed by atoms with Gasteiger partial charge in [0.25, 0.3) is 17.4 Å². The summed E-state index contributed by atoms with van der Waals surface area (Å²) in [6.45, 7) is 7.09. The number of aryl methyl sites for hydroxylation is 1. The molecule has 0 aliphatic carbocycles. The molecule has 1 aromatic heterocycles. The van der Waals surface area contributed by atoms with E-state index in [0.29, 0.717) is 29.0 Å². The zero-order valence-corrected chi connectivity index (χ0v) is 27.5. The summed E-state index contributed by atoms with van der Waals surface area (Å²) in [5.41, 5.74) is -2.15. The Hall–Kier alpha value is -5.18. The first kappa shape index (κ1) is 35.7. The molecule has 48 heavy (non-hydrogen) atoms. The topological polar surface area (TPSA) is 148 Å². The van der Waals surface area contributed by atoms with E-state index in [1.54, 1.807) is 6.92 Å². The molecule has 0 bridgehead atoms. The van der Waals surface area contributed by atoms with Crippen LogP contribution in [0.4, 0.5) is 14.5 Å². The fourth-order valence-corrected chi connectivity index (χ4v) is 5.41. The van der Waals surface area contributed by atoms with Crippen LogP contribution in [0, 0.1) is 18.6 Å². The molecule has 0 spiro atoms. The lowest BCUT2D eigenvalue weighted by atomic mass is 9.90. The predicted octanol–water partition coefficient (Wildman–Crippen LogP) is 2.82. The Morgan fingerprint density at radius 3 is 2.12 bits per heavy atom. The van der Waals surface area contributed by atoms with Crippen molar-refractivity contribution >= 4 is 42.0 Å². The highest BCUT2D eigenvalue weighted by molar-refractivity contribution is 7.86. The number of hydrogen-bond acceptors (Lipinski definition) is 6. The number of anilines is 1. The number of halogens is 2. The molecule has 2 radical (unpaired) electrons. The molecule has 0 aliphatic heterocycles. The van der Waals surface area contributed by atoms with Crippen molar-refractivity contribution in [1.29, 1.82) is 0 Å². The second-order valence-corrected chi connectivity index (χ2v) is 13.2. The fraction of sp³-hybridized carbons (Fsp3) is 0.242. The number of nitrogens with zero attached hydrogens (tertiary/aromatic N) is 2. The summed E-state index contributed by atoms with van der Waals surface area (Å²) in [7, 11) is 4.95. The van der Waals surface area contributed by atoms with E-state index in [0.717, 1.165) is 4.57 Å². The maximum Gasteiger partial charge on any atom is 0.335 e.